The van der Waals surface area contributed by atoms with Crippen molar-refractivity contribution in [2.24, 2.45) is 0 Å². The van der Waals surface area contributed by atoms with Crippen molar-refractivity contribution in [1.29, 1.82) is 0 Å². The highest BCUT2D eigenvalue weighted by molar-refractivity contribution is 7.21. The van der Waals surface area contributed by atoms with Gasteiger partial charge in [-0.25, -0.2) is 4.98 Å². The van der Waals surface area contributed by atoms with Crippen LogP contribution in [0.5, 0.6) is 0 Å². The minimum atomic E-state index is 1.01. The number of hydrogen-bond donors (Lipinski definition) is 1. The third-order valence-electron chi connectivity index (χ3n) is 2.64. The standard InChI is InChI=1S/C12H11N3S/c1-7-11(8(2)15-14-7)12-13-9-5-3-4-6-10(9)16-12/h3-6H,1-2H3,(H,14,15). The van der Waals surface area contributed by atoms with Gasteiger partial charge in [0.05, 0.1) is 21.5 Å². The molecule has 0 fully saturated rings. The van der Waals surface area contributed by atoms with Crippen molar-refractivity contribution >= 4 is 21.6 Å². The molecule has 0 aliphatic heterocycles. The number of para-hydroxylation sites is 1. The molecule has 3 nitrogen and oxygen atoms in total. The molecular formula is C12H11N3S. The van der Waals surface area contributed by atoms with E-state index in [0.29, 0.717) is 0 Å². The first-order chi connectivity index (χ1) is 7.75. The molecule has 0 aliphatic carbocycles. The minimum Gasteiger partial charge on any atom is -0.282 e. The molecule has 2 aromatic heterocycles. The fraction of sp³-hybridized carbons (Fsp3) is 0.167. The molecule has 4 heteroatoms. The first kappa shape index (κ1) is 9.54. The average Bonchev–Trinajstić information content (AvgIpc) is 2.82. The van der Waals surface area contributed by atoms with Crippen LogP contribution in [0, 0.1) is 13.8 Å². The van der Waals surface area contributed by atoms with Crippen LogP contribution in [-0.4, -0.2) is 15.2 Å². The number of thiazole rings is 1. The highest BCUT2D eigenvalue weighted by Crippen LogP contribution is 2.32. The SMILES string of the molecule is Cc1n[nH]c(C)c1-c1nc2ccccc2s1. The van der Waals surface area contributed by atoms with E-state index >= 15 is 0 Å². The summed E-state index contributed by atoms with van der Waals surface area (Å²) in [6.45, 7) is 4.03. The van der Waals surface area contributed by atoms with Crippen LogP contribution < -0.4 is 0 Å². The molecular weight excluding hydrogens is 218 g/mol. The minimum absolute atomic E-state index is 1.01. The fourth-order valence-corrected chi connectivity index (χ4v) is 2.97. The molecule has 2 heterocycles. The summed E-state index contributed by atoms with van der Waals surface area (Å²) in [4.78, 5) is 4.64. The van der Waals surface area contributed by atoms with Crippen molar-refractivity contribution in [1.82, 2.24) is 15.2 Å². The summed E-state index contributed by atoms with van der Waals surface area (Å²) >= 11 is 1.71. The Labute approximate surface area is 97.2 Å². The lowest BCUT2D eigenvalue weighted by molar-refractivity contribution is 1.02. The summed E-state index contributed by atoms with van der Waals surface area (Å²) in [6.07, 6.45) is 0. The van der Waals surface area contributed by atoms with Gasteiger partial charge in [0.15, 0.2) is 0 Å². The summed E-state index contributed by atoms with van der Waals surface area (Å²) in [5.74, 6) is 0. The summed E-state index contributed by atoms with van der Waals surface area (Å²) < 4.78 is 1.22. The van der Waals surface area contributed by atoms with Crippen LogP contribution >= 0.6 is 11.3 Å². The molecule has 80 valence electrons. The van der Waals surface area contributed by atoms with Crippen molar-refractivity contribution in [2.75, 3.05) is 0 Å². The molecule has 0 saturated heterocycles. The number of aromatic nitrogens is 3. The zero-order valence-corrected chi connectivity index (χ0v) is 9.93. The third-order valence-corrected chi connectivity index (χ3v) is 3.69. The quantitative estimate of drug-likeness (QED) is 0.695. The van der Waals surface area contributed by atoms with Crippen LogP contribution in [0.3, 0.4) is 0 Å². The second-order valence-corrected chi connectivity index (χ2v) is 4.83. The molecule has 1 N–H and O–H groups in total. The molecule has 0 unspecified atom stereocenters. The van der Waals surface area contributed by atoms with Gasteiger partial charge in [0.1, 0.15) is 5.01 Å². The van der Waals surface area contributed by atoms with E-state index in [0.717, 1.165) is 27.5 Å². The molecule has 0 spiro atoms. The van der Waals surface area contributed by atoms with Crippen LogP contribution in [0.25, 0.3) is 20.8 Å². The van der Waals surface area contributed by atoms with Crippen LogP contribution in [0.15, 0.2) is 24.3 Å². The van der Waals surface area contributed by atoms with Gasteiger partial charge in [0.2, 0.25) is 0 Å². The van der Waals surface area contributed by atoms with Gasteiger partial charge in [0.25, 0.3) is 0 Å². The number of benzene rings is 1. The Kier molecular flexibility index (Phi) is 2.04. The molecule has 0 bridgehead atoms. The van der Waals surface area contributed by atoms with Crippen LogP contribution in [-0.2, 0) is 0 Å². The van der Waals surface area contributed by atoms with Crippen LogP contribution in [0.4, 0.5) is 0 Å². The largest absolute Gasteiger partial charge is 0.282 e. The first-order valence-electron chi connectivity index (χ1n) is 5.13. The fourth-order valence-electron chi connectivity index (χ4n) is 1.85. The second-order valence-electron chi connectivity index (χ2n) is 3.80. The lowest BCUT2D eigenvalue weighted by Crippen LogP contribution is -1.79. The van der Waals surface area contributed by atoms with Crippen LogP contribution in [0.1, 0.15) is 11.4 Å². The Bertz CT molecular complexity index is 599. The van der Waals surface area contributed by atoms with E-state index in [-0.39, 0.29) is 0 Å². The molecule has 1 aromatic carbocycles. The van der Waals surface area contributed by atoms with Gasteiger partial charge in [-0.15, -0.1) is 11.3 Å². The van der Waals surface area contributed by atoms with Crippen molar-refractivity contribution < 1.29 is 0 Å². The van der Waals surface area contributed by atoms with Gasteiger partial charge in [0, 0.05) is 5.69 Å². The lowest BCUT2D eigenvalue weighted by atomic mass is 10.2. The maximum Gasteiger partial charge on any atom is 0.128 e. The summed E-state index contributed by atoms with van der Waals surface area (Å²) in [5, 5.41) is 8.25. The van der Waals surface area contributed by atoms with E-state index in [1.54, 1.807) is 11.3 Å². The molecule has 3 aromatic rings. The predicted octanol–water partition coefficient (Wildman–Crippen LogP) is 3.30. The first-order valence-corrected chi connectivity index (χ1v) is 5.95. The van der Waals surface area contributed by atoms with E-state index < -0.39 is 0 Å². The third kappa shape index (κ3) is 1.34. The number of fused-ring (bicyclic) bond motifs is 1. The van der Waals surface area contributed by atoms with E-state index in [2.05, 4.69) is 21.2 Å². The maximum atomic E-state index is 4.64. The van der Waals surface area contributed by atoms with Gasteiger partial charge >= 0.3 is 0 Å². The molecule has 16 heavy (non-hydrogen) atoms. The summed E-state index contributed by atoms with van der Waals surface area (Å²) in [7, 11) is 0. The van der Waals surface area contributed by atoms with Gasteiger partial charge in [-0.3, -0.25) is 5.10 Å². The van der Waals surface area contributed by atoms with Crippen molar-refractivity contribution in [2.45, 2.75) is 13.8 Å². The van der Waals surface area contributed by atoms with Crippen LogP contribution in [0.2, 0.25) is 0 Å². The highest BCUT2D eigenvalue weighted by atomic mass is 32.1. The second kappa shape index (κ2) is 3.42. The highest BCUT2D eigenvalue weighted by Gasteiger charge is 2.13. The van der Waals surface area contributed by atoms with E-state index in [1.165, 1.54) is 4.70 Å². The number of nitrogens with one attached hydrogen (secondary N) is 1. The number of hydrogen-bond acceptors (Lipinski definition) is 3. The molecule has 0 aliphatic rings. The topological polar surface area (TPSA) is 41.6 Å². The van der Waals surface area contributed by atoms with E-state index in [9.17, 15) is 0 Å². The summed E-state index contributed by atoms with van der Waals surface area (Å²) in [5.41, 5.74) is 4.29. The zero-order chi connectivity index (χ0) is 11.1. The smallest absolute Gasteiger partial charge is 0.128 e. The maximum absolute atomic E-state index is 4.64. The normalized spacial score (nSPS) is 11.1. The van der Waals surface area contributed by atoms with Gasteiger partial charge in [-0.2, -0.15) is 5.10 Å². The Morgan fingerprint density at radius 1 is 1.19 bits per heavy atom. The molecule has 0 saturated carbocycles. The molecule has 0 radical (unpaired) electrons. The number of rotatable bonds is 1. The van der Waals surface area contributed by atoms with E-state index in [4.69, 9.17) is 0 Å². The molecule has 0 amide bonds. The van der Waals surface area contributed by atoms with E-state index in [1.807, 2.05) is 32.0 Å². The number of H-pyrrole nitrogens is 1. The number of aromatic amines is 1. The van der Waals surface area contributed by atoms with Gasteiger partial charge in [-0.05, 0) is 26.0 Å². The molecule has 0 atom stereocenters. The molecule has 3 rings (SSSR count). The zero-order valence-electron chi connectivity index (χ0n) is 9.11. The van der Waals surface area contributed by atoms with Gasteiger partial charge in [-0.1, -0.05) is 12.1 Å². The summed E-state index contributed by atoms with van der Waals surface area (Å²) in [6, 6.07) is 8.20. The van der Waals surface area contributed by atoms with Crippen molar-refractivity contribution in [3.63, 3.8) is 0 Å². The predicted molar refractivity (Wildman–Crippen MR) is 66.7 cm³/mol. The van der Waals surface area contributed by atoms with Gasteiger partial charge < -0.3 is 0 Å². The number of nitrogens with zero attached hydrogens (tertiary/aromatic N) is 2. The number of aryl methyl sites for hydroxylation is 2. The van der Waals surface area contributed by atoms with Crippen molar-refractivity contribution in [3.8, 4) is 10.6 Å². The lowest BCUT2D eigenvalue weighted by Gasteiger charge is -1.93. The Balaban J connectivity index is 2.27. The van der Waals surface area contributed by atoms with Crippen molar-refractivity contribution in [3.05, 3.63) is 35.7 Å². The average molecular weight is 229 g/mol. The monoisotopic (exact) mass is 229 g/mol. The Morgan fingerprint density at radius 3 is 2.69 bits per heavy atom. The Morgan fingerprint density at radius 2 is 2.00 bits per heavy atom. The Hall–Kier alpha value is -1.68.